The number of aromatic nitrogens is 2. The Morgan fingerprint density at radius 1 is 0.821 bits per heavy atom. The number of hydrogen-bond acceptors (Lipinski definition) is 4. The summed E-state index contributed by atoms with van der Waals surface area (Å²) >= 11 is 0. The number of carbonyl (C=O) groups excluding carboxylic acids is 1. The summed E-state index contributed by atoms with van der Waals surface area (Å²) in [5.41, 5.74) is 2.54. The molecule has 0 bridgehead atoms. The molecular weight excluding hydrogens is 355 g/mol. The van der Waals surface area contributed by atoms with E-state index in [1.807, 2.05) is 18.2 Å². The zero-order valence-corrected chi connectivity index (χ0v) is 15.6. The highest BCUT2D eigenvalue weighted by atomic mass is 19.1. The standard InChI is InChI=1S/C22H23FN4O/c23-19-10-8-18(9-11-19)14-16-25-22(28)20-12-13-21(27-26-20)24-15-4-7-17-5-2-1-3-6-17/h1-3,5-6,8-13H,4,7,14-16H2,(H,24,27)(H,25,28). The summed E-state index contributed by atoms with van der Waals surface area (Å²) < 4.78 is 12.9. The van der Waals surface area contributed by atoms with E-state index in [-0.39, 0.29) is 17.4 Å². The topological polar surface area (TPSA) is 66.9 Å². The van der Waals surface area contributed by atoms with E-state index in [1.54, 1.807) is 24.3 Å². The summed E-state index contributed by atoms with van der Waals surface area (Å²) in [6.45, 7) is 1.23. The SMILES string of the molecule is O=C(NCCc1ccc(F)cc1)c1ccc(NCCCc2ccccc2)nn1. The number of rotatable bonds is 9. The van der Waals surface area contributed by atoms with E-state index in [1.165, 1.54) is 17.7 Å². The first-order valence-electron chi connectivity index (χ1n) is 9.35. The number of amides is 1. The van der Waals surface area contributed by atoms with Gasteiger partial charge in [0.1, 0.15) is 11.6 Å². The molecule has 0 saturated heterocycles. The van der Waals surface area contributed by atoms with Crippen molar-refractivity contribution >= 4 is 11.7 Å². The van der Waals surface area contributed by atoms with Crippen LogP contribution < -0.4 is 10.6 Å². The minimum atomic E-state index is -0.273. The van der Waals surface area contributed by atoms with Crippen LogP contribution in [0.2, 0.25) is 0 Å². The lowest BCUT2D eigenvalue weighted by atomic mass is 10.1. The van der Waals surface area contributed by atoms with Crippen LogP contribution in [0.5, 0.6) is 0 Å². The van der Waals surface area contributed by atoms with E-state index in [4.69, 9.17) is 0 Å². The average Bonchev–Trinajstić information content (AvgIpc) is 2.74. The van der Waals surface area contributed by atoms with E-state index in [2.05, 4.69) is 33.0 Å². The number of hydrogen-bond donors (Lipinski definition) is 2. The van der Waals surface area contributed by atoms with E-state index in [9.17, 15) is 9.18 Å². The molecule has 3 aromatic rings. The molecule has 0 fully saturated rings. The number of nitrogens with zero attached hydrogens (tertiary/aromatic N) is 2. The van der Waals surface area contributed by atoms with E-state index in [0.29, 0.717) is 18.8 Å². The number of nitrogens with one attached hydrogen (secondary N) is 2. The summed E-state index contributed by atoms with van der Waals surface area (Å²) in [5.74, 6) is 0.109. The van der Waals surface area contributed by atoms with Gasteiger partial charge in [-0.2, -0.15) is 0 Å². The molecule has 0 radical (unpaired) electrons. The Hall–Kier alpha value is -3.28. The summed E-state index contributed by atoms with van der Waals surface area (Å²) in [7, 11) is 0. The highest BCUT2D eigenvalue weighted by Gasteiger charge is 2.07. The lowest BCUT2D eigenvalue weighted by Gasteiger charge is -2.07. The Kier molecular flexibility index (Phi) is 7.07. The Labute approximate surface area is 164 Å². The number of anilines is 1. The molecule has 0 saturated carbocycles. The van der Waals surface area contributed by atoms with Crippen LogP contribution in [0.25, 0.3) is 0 Å². The van der Waals surface area contributed by atoms with Crippen molar-refractivity contribution in [2.75, 3.05) is 18.4 Å². The van der Waals surface area contributed by atoms with Gasteiger partial charge < -0.3 is 10.6 Å². The zero-order valence-electron chi connectivity index (χ0n) is 15.6. The number of carbonyl (C=O) groups is 1. The van der Waals surface area contributed by atoms with Crippen LogP contribution in [0.15, 0.2) is 66.7 Å². The molecule has 0 spiro atoms. The molecular formula is C22H23FN4O. The first-order valence-corrected chi connectivity index (χ1v) is 9.35. The fourth-order valence-corrected chi connectivity index (χ4v) is 2.76. The largest absolute Gasteiger partial charge is 0.369 e. The Balaban J connectivity index is 1.38. The van der Waals surface area contributed by atoms with Gasteiger partial charge >= 0.3 is 0 Å². The summed E-state index contributed by atoms with van der Waals surface area (Å²) in [6, 6.07) is 20.0. The number of aryl methyl sites for hydroxylation is 1. The third kappa shape index (κ3) is 6.16. The second kappa shape index (κ2) is 10.2. The first-order chi connectivity index (χ1) is 13.7. The van der Waals surface area contributed by atoms with Crippen LogP contribution in [-0.2, 0) is 12.8 Å². The molecule has 144 valence electrons. The Morgan fingerprint density at radius 3 is 2.29 bits per heavy atom. The van der Waals surface area contributed by atoms with Crippen molar-refractivity contribution in [2.24, 2.45) is 0 Å². The zero-order chi connectivity index (χ0) is 19.6. The third-order valence-electron chi connectivity index (χ3n) is 4.30. The van der Waals surface area contributed by atoms with Gasteiger partial charge in [0.15, 0.2) is 5.69 Å². The predicted octanol–water partition coefficient (Wildman–Crippen LogP) is 3.63. The van der Waals surface area contributed by atoms with Gasteiger partial charge in [0.2, 0.25) is 0 Å². The second-order valence-corrected chi connectivity index (χ2v) is 6.45. The lowest BCUT2D eigenvalue weighted by Crippen LogP contribution is -2.26. The summed E-state index contributed by atoms with van der Waals surface area (Å²) in [5, 5.41) is 14.0. The molecule has 1 amide bonds. The predicted molar refractivity (Wildman–Crippen MR) is 108 cm³/mol. The molecule has 2 N–H and O–H groups in total. The molecule has 3 rings (SSSR count). The van der Waals surface area contributed by atoms with Crippen LogP contribution in [-0.4, -0.2) is 29.2 Å². The minimum absolute atomic E-state index is 0.267. The fraction of sp³-hybridized carbons (Fsp3) is 0.227. The maximum atomic E-state index is 12.9. The summed E-state index contributed by atoms with van der Waals surface area (Å²) in [4.78, 5) is 12.1. The normalized spacial score (nSPS) is 10.5. The lowest BCUT2D eigenvalue weighted by molar-refractivity contribution is 0.0948. The van der Waals surface area contributed by atoms with Crippen LogP contribution in [0.4, 0.5) is 10.2 Å². The van der Waals surface area contributed by atoms with Gasteiger partial charge in [0.05, 0.1) is 0 Å². The van der Waals surface area contributed by atoms with E-state index < -0.39 is 0 Å². The van der Waals surface area contributed by atoms with Crippen LogP contribution in [0, 0.1) is 5.82 Å². The van der Waals surface area contributed by atoms with Crippen molar-refractivity contribution in [3.8, 4) is 0 Å². The molecule has 5 nitrogen and oxygen atoms in total. The maximum Gasteiger partial charge on any atom is 0.271 e. The molecule has 1 heterocycles. The molecule has 2 aromatic carbocycles. The van der Waals surface area contributed by atoms with E-state index >= 15 is 0 Å². The molecule has 0 atom stereocenters. The van der Waals surface area contributed by atoms with Crippen molar-refractivity contribution in [3.05, 3.63) is 89.4 Å². The van der Waals surface area contributed by atoms with Crippen LogP contribution >= 0.6 is 0 Å². The van der Waals surface area contributed by atoms with Gasteiger partial charge in [-0.05, 0) is 54.7 Å². The van der Waals surface area contributed by atoms with Gasteiger partial charge in [-0.3, -0.25) is 4.79 Å². The molecule has 0 unspecified atom stereocenters. The van der Waals surface area contributed by atoms with Gasteiger partial charge in [0, 0.05) is 13.1 Å². The van der Waals surface area contributed by atoms with E-state index in [0.717, 1.165) is 24.9 Å². The van der Waals surface area contributed by atoms with Crippen molar-refractivity contribution < 1.29 is 9.18 Å². The van der Waals surface area contributed by atoms with Crippen molar-refractivity contribution in [1.29, 1.82) is 0 Å². The fourth-order valence-electron chi connectivity index (χ4n) is 2.76. The van der Waals surface area contributed by atoms with Gasteiger partial charge in [-0.15, -0.1) is 10.2 Å². The minimum Gasteiger partial charge on any atom is -0.369 e. The second-order valence-electron chi connectivity index (χ2n) is 6.45. The average molecular weight is 378 g/mol. The van der Waals surface area contributed by atoms with Crippen molar-refractivity contribution in [1.82, 2.24) is 15.5 Å². The smallest absolute Gasteiger partial charge is 0.271 e. The first kappa shape index (κ1) is 19.5. The molecule has 0 aliphatic carbocycles. The number of halogens is 1. The maximum absolute atomic E-state index is 12.9. The van der Waals surface area contributed by atoms with Crippen LogP contribution in [0.3, 0.4) is 0 Å². The quantitative estimate of drug-likeness (QED) is 0.558. The summed E-state index contributed by atoms with van der Waals surface area (Å²) in [6.07, 6.45) is 2.60. The Bertz CT molecular complexity index is 867. The molecule has 0 aliphatic rings. The van der Waals surface area contributed by atoms with Gasteiger partial charge in [0.25, 0.3) is 5.91 Å². The highest BCUT2D eigenvalue weighted by Crippen LogP contribution is 2.06. The van der Waals surface area contributed by atoms with Gasteiger partial charge in [-0.1, -0.05) is 42.5 Å². The monoisotopic (exact) mass is 378 g/mol. The van der Waals surface area contributed by atoms with Crippen LogP contribution in [0.1, 0.15) is 28.0 Å². The third-order valence-corrected chi connectivity index (χ3v) is 4.30. The Morgan fingerprint density at radius 2 is 1.57 bits per heavy atom. The number of benzene rings is 2. The van der Waals surface area contributed by atoms with Crippen molar-refractivity contribution in [2.45, 2.75) is 19.3 Å². The molecule has 28 heavy (non-hydrogen) atoms. The van der Waals surface area contributed by atoms with Crippen molar-refractivity contribution in [3.63, 3.8) is 0 Å². The molecule has 0 aliphatic heterocycles. The molecule has 1 aromatic heterocycles. The molecule has 6 heteroatoms. The van der Waals surface area contributed by atoms with Gasteiger partial charge in [-0.25, -0.2) is 4.39 Å². The highest BCUT2D eigenvalue weighted by molar-refractivity contribution is 5.92.